The Morgan fingerprint density at radius 3 is 2.74 bits per heavy atom. The van der Waals surface area contributed by atoms with E-state index in [0.29, 0.717) is 13.0 Å². The number of aromatic nitrogens is 1. The highest BCUT2D eigenvalue weighted by molar-refractivity contribution is 5.88. The zero-order valence-corrected chi connectivity index (χ0v) is 13.7. The number of fused-ring (bicyclic) bond motifs is 1. The SMILES string of the molecule is CC[C@H](O)CN1CCN(C(=O)Cc2c[nH]c3ccccc23)CC1. The maximum atomic E-state index is 12.5. The van der Waals surface area contributed by atoms with Crippen molar-refractivity contribution >= 4 is 16.8 Å². The molecule has 1 fully saturated rings. The van der Waals surface area contributed by atoms with Gasteiger partial charge in [0.2, 0.25) is 5.91 Å². The lowest BCUT2D eigenvalue weighted by Crippen LogP contribution is -2.50. The van der Waals surface area contributed by atoms with E-state index in [1.807, 2.05) is 36.2 Å². The number of nitrogens with one attached hydrogen (secondary N) is 1. The Kier molecular flexibility index (Phi) is 4.98. The molecule has 124 valence electrons. The van der Waals surface area contributed by atoms with Crippen molar-refractivity contribution in [3.8, 4) is 0 Å². The van der Waals surface area contributed by atoms with Crippen molar-refractivity contribution in [2.24, 2.45) is 0 Å². The van der Waals surface area contributed by atoms with Crippen molar-refractivity contribution < 1.29 is 9.90 Å². The zero-order valence-electron chi connectivity index (χ0n) is 13.7. The van der Waals surface area contributed by atoms with E-state index >= 15 is 0 Å². The van der Waals surface area contributed by atoms with Gasteiger partial charge in [0.25, 0.3) is 0 Å². The minimum Gasteiger partial charge on any atom is -0.392 e. The highest BCUT2D eigenvalue weighted by Crippen LogP contribution is 2.19. The fourth-order valence-electron chi connectivity index (χ4n) is 3.16. The molecule has 0 saturated carbocycles. The molecule has 0 bridgehead atoms. The quantitative estimate of drug-likeness (QED) is 0.881. The summed E-state index contributed by atoms with van der Waals surface area (Å²) >= 11 is 0. The van der Waals surface area contributed by atoms with E-state index in [9.17, 15) is 9.90 Å². The third kappa shape index (κ3) is 3.74. The van der Waals surface area contributed by atoms with E-state index in [4.69, 9.17) is 0 Å². The van der Waals surface area contributed by atoms with Gasteiger partial charge in [-0.2, -0.15) is 0 Å². The number of β-amino-alcohol motifs (C(OH)–C–C–N with tert-alkyl or cyclic N) is 1. The Labute approximate surface area is 136 Å². The molecule has 3 rings (SSSR count). The van der Waals surface area contributed by atoms with E-state index in [1.165, 1.54) is 0 Å². The summed E-state index contributed by atoms with van der Waals surface area (Å²) in [4.78, 5) is 19.9. The van der Waals surface area contributed by atoms with Crippen LogP contribution >= 0.6 is 0 Å². The van der Waals surface area contributed by atoms with Gasteiger partial charge in [0.05, 0.1) is 12.5 Å². The highest BCUT2D eigenvalue weighted by Gasteiger charge is 2.22. The van der Waals surface area contributed by atoms with Gasteiger partial charge in [-0.1, -0.05) is 25.1 Å². The first-order chi connectivity index (χ1) is 11.2. The topological polar surface area (TPSA) is 59.6 Å². The number of para-hydroxylation sites is 1. The van der Waals surface area contributed by atoms with Crippen LogP contribution in [-0.4, -0.2) is 64.6 Å². The molecular formula is C18H25N3O2. The molecule has 0 aliphatic carbocycles. The molecule has 2 heterocycles. The lowest BCUT2D eigenvalue weighted by molar-refractivity contribution is -0.132. The average Bonchev–Trinajstić information content (AvgIpc) is 2.98. The van der Waals surface area contributed by atoms with Gasteiger partial charge in [-0.25, -0.2) is 0 Å². The normalized spacial score (nSPS) is 17.6. The molecule has 5 nitrogen and oxygen atoms in total. The number of piperazine rings is 1. The van der Waals surface area contributed by atoms with Gasteiger partial charge in [0.1, 0.15) is 0 Å². The summed E-state index contributed by atoms with van der Waals surface area (Å²) in [7, 11) is 0. The Balaban J connectivity index is 1.56. The standard InChI is InChI=1S/C18H25N3O2/c1-2-15(22)13-20-7-9-21(10-8-20)18(23)11-14-12-19-17-6-4-3-5-16(14)17/h3-6,12,15,19,22H,2,7-11,13H2,1H3/t15-/m0/s1. The molecule has 1 aromatic carbocycles. The fourth-order valence-corrected chi connectivity index (χ4v) is 3.16. The Morgan fingerprint density at radius 2 is 2.00 bits per heavy atom. The maximum Gasteiger partial charge on any atom is 0.227 e. The molecule has 0 unspecified atom stereocenters. The largest absolute Gasteiger partial charge is 0.392 e. The molecule has 5 heteroatoms. The van der Waals surface area contributed by atoms with E-state index in [2.05, 4.69) is 16.0 Å². The Hall–Kier alpha value is -1.85. The molecule has 2 aromatic rings. The van der Waals surface area contributed by atoms with Crippen LogP contribution in [0.3, 0.4) is 0 Å². The zero-order chi connectivity index (χ0) is 16.2. The molecule has 2 N–H and O–H groups in total. The first-order valence-corrected chi connectivity index (χ1v) is 8.40. The van der Waals surface area contributed by atoms with Crippen LogP contribution in [0.25, 0.3) is 10.9 Å². The second-order valence-corrected chi connectivity index (χ2v) is 6.28. The number of rotatable bonds is 5. The van der Waals surface area contributed by atoms with Gasteiger partial charge in [-0.05, 0) is 18.1 Å². The van der Waals surface area contributed by atoms with E-state index in [0.717, 1.165) is 49.1 Å². The third-order valence-corrected chi connectivity index (χ3v) is 4.68. The Bertz CT molecular complexity index is 659. The first kappa shape index (κ1) is 16.0. The number of carbonyl (C=O) groups is 1. The summed E-state index contributed by atoms with van der Waals surface area (Å²) in [6, 6.07) is 8.08. The number of carbonyl (C=O) groups excluding carboxylic acids is 1. The van der Waals surface area contributed by atoms with Gasteiger partial charge >= 0.3 is 0 Å². The lowest BCUT2D eigenvalue weighted by Gasteiger charge is -2.35. The van der Waals surface area contributed by atoms with Crippen LogP contribution < -0.4 is 0 Å². The molecular weight excluding hydrogens is 290 g/mol. The monoisotopic (exact) mass is 315 g/mol. The molecule has 1 atom stereocenters. The number of amides is 1. The molecule has 23 heavy (non-hydrogen) atoms. The fraction of sp³-hybridized carbons (Fsp3) is 0.500. The number of aromatic amines is 1. The summed E-state index contributed by atoms with van der Waals surface area (Å²) in [5.41, 5.74) is 2.14. The van der Waals surface area contributed by atoms with Gasteiger partial charge in [0.15, 0.2) is 0 Å². The predicted molar refractivity (Wildman–Crippen MR) is 91.3 cm³/mol. The van der Waals surface area contributed by atoms with Crippen molar-refractivity contribution in [1.82, 2.24) is 14.8 Å². The van der Waals surface area contributed by atoms with Crippen LogP contribution in [0.5, 0.6) is 0 Å². The summed E-state index contributed by atoms with van der Waals surface area (Å²) in [6.07, 6.45) is 2.90. The van der Waals surface area contributed by atoms with E-state index in [-0.39, 0.29) is 12.0 Å². The molecule has 1 aliphatic heterocycles. The van der Waals surface area contributed by atoms with Crippen LogP contribution in [0, 0.1) is 0 Å². The van der Waals surface area contributed by atoms with Crippen molar-refractivity contribution in [2.75, 3.05) is 32.7 Å². The number of aliphatic hydroxyl groups excluding tert-OH is 1. The highest BCUT2D eigenvalue weighted by atomic mass is 16.3. The summed E-state index contributed by atoms with van der Waals surface area (Å²) in [5, 5.41) is 10.9. The third-order valence-electron chi connectivity index (χ3n) is 4.68. The average molecular weight is 315 g/mol. The minimum absolute atomic E-state index is 0.186. The lowest BCUT2D eigenvalue weighted by atomic mass is 10.1. The van der Waals surface area contributed by atoms with Gasteiger partial charge in [0, 0.05) is 49.8 Å². The predicted octanol–water partition coefficient (Wildman–Crippen LogP) is 1.63. The molecule has 1 aliphatic rings. The number of hydrogen-bond acceptors (Lipinski definition) is 3. The van der Waals surface area contributed by atoms with Crippen LogP contribution in [0.4, 0.5) is 0 Å². The summed E-state index contributed by atoms with van der Waals surface area (Å²) in [6.45, 7) is 5.88. The number of aliphatic hydroxyl groups is 1. The van der Waals surface area contributed by atoms with Crippen molar-refractivity contribution in [3.63, 3.8) is 0 Å². The van der Waals surface area contributed by atoms with E-state index < -0.39 is 0 Å². The van der Waals surface area contributed by atoms with Gasteiger partial charge in [-0.3, -0.25) is 9.69 Å². The summed E-state index contributed by atoms with van der Waals surface area (Å²) < 4.78 is 0. The molecule has 0 radical (unpaired) electrons. The maximum absolute atomic E-state index is 12.5. The molecule has 1 aromatic heterocycles. The second kappa shape index (κ2) is 7.15. The number of benzene rings is 1. The van der Waals surface area contributed by atoms with Crippen molar-refractivity contribution in [2.45, 2.75) is 25.9 Å². The number of hydrogen-bond donors (Lipinski definition) is 2. The molecule has 1 saturated heterocycles. The van der Waals surface area contributed by atoms with Crippen LogP contribution in [0.15, 0.2) is 30.5 Å². The Morgan fingerprint density at radius 1 is 1.26 bits per heavy atom. The minimum atomic E-state index is -0.261. The summed E-state index contributed by atoms with van der Waals surface area (Å²) in [5.74, 6) is 0.186. The van der Waals surface area contributed by atoms with Crippen molar-refractivity contribution in [3.05, 3.63) is 36.0 Å². The van der Waals surface area contributed by atoms with Crippen LogP contribution in [0.2, 0.25) is 0 Å². The van der Waals surface area contributed by atoms with Crippen molar-refractivity contribution in [1.29, 1.82) is 0 Å². The van der Waals surface area contributed by atoms with Crippen LogP contribution in [-0.2, 0) is 11.2 Å². The van der Waals surface area contributed by atoms with Gasteiger partial charge in [-0.15, -0.1) is 0 Å². The van der Waals surface area contributed by atoms with E-state index in [1.54, 1.807) is 0 Å². The smallest absolute Gasteiger partial charge is 0.227 e. The molecule has 0 spiro atoms. The number of H-pyrrole nitrogens is 1. The molecule has 1 amide bonds. The van der Waals surface area contributed by atoms with Gasteiger partial charge < -0.3 is 15.0 Å². The first-order valence-electron chi connectivity index (χ1n) is 8.40. The number of nitrogens with zero attached hydrogens (tertiary/aromatic N) is 2. The second-order valence-electron chi connectivity index (χ2n) is 6.28. The van der Waals surface area contributed by atoms with Crippen LogP contribution in [0.1, 0.15) is 18.9 Å².